The normalized spacial score (nSPS) is 22.3. The Morgan fingerprint density at radius 3 is 2.73 bits per heavy atom. The first-order valence-electron chi connectivity index (χ1n) is 5.56. The molecule has 15 heavy (non-hydrogen) atoms. The van der Waals surface area contributed by atoms with Crippen molar-refractivity contribution in [3.05, 3.63) is 47.3 Å². The van der Waals surface area contributed by atoms with Crippen LogP contribution in [0.25, 0.3) is 0 Å². The quantitative estimate of drug-likeness (QED) is 0.681. The average Bonchev–Trinajstić information content (AvgIpc) is 2.16. The van der Waals surface area contributed by atoms with Gasteiger partial charge in [-0.25, -0.2) is 0 Å². The van der Waals surface area contributed by atoms with Crippen molar-refractivity contribution >= 4 is 0 Å². The summed E-state index contributed by atoms with van der Waals surface area (Å²) in [7, 11) is 0. The molecule has 1 heterocycles. The Kier molecular flexibility index (Phi) is 4.41. The summed E-state index contributed by atoms with van der Waals surface area (Å²) in [5.41, 5.74) is 3.99. The van der Waals surface area contributed by atoms with E-state index in [-0.39, 0.29) is 0 Å². The summed E-state index contributed by atoms with van der Waals surface area (Å²) in [5.74, 6) is 0.587. The van der Waals surface area contributed by atoms with Gasteiger partial charge in [0.2, 0.25) is 0 Å². The van der Waals surface area contributed by atoms with Crippen LogP contribution in [0.3, 0.4) is 0 Å². The van der Waals surface area contributed by atoms with Gasteiger partial charge < -0.3 is 5.32 Å². The molecule has 0 aromatic rings. The lowest BCUT2D eigenvalue weighted by atomic mass is 10.1. The lowest BCUT2D eigenvalue weighted by Gasteiger charge is -2.09. The van der Waals surface area contributed by atoms with Gasteiger partial charge in [0, 0.05) is 18.3 Å². The fraction of sp³-hybridized carbons (Fsp3) is 0.429. The zero-order valence-corrected chi connectivity index (χ0v) is 10.2. The van der Waals surface area contributed by atoms with E-state index in [1.54, 1.807) is 0 Å². The molecule has 0 bridgehead atoms. The zero-order chi connectivity index (χ0) is 11.3. The van der Waals surface area contributed by atoms with Crippen LogP contribution in [0.1, 0.15) is 34.1 Å². The molecule has 1 rings (SSSR count). The average molecular weight is 203 g/mol. The summed E-state index contributed by atoms with van der Waals surface area (Å²) in [6.45, 7) is 8.71. The van der Waals surface area contributed by atoms with Crippen LogP contribution in [0, 0.1) is 5.92 Å². The molecule has 1 aliphatic rings. The molecule has 0 saturated carbocycles. The van der Waals surface area contributed by atoms with Crippen LogP contribution >= 0.6 is 0 Å². The number of allylic oxidation sites excluding steroid dienone is 6. The van der Waals surface area contributed by atoms with Crippen LogP contribution in [0.2, 0.25) is 0 Å². The van der Waals surface area contributed by atoms with Gasteiger partial charge in [-0.05, 0) is 25.8 Å². The highest BCUT2D eigenvalue weighted by molar-refractivity contribution is 5.29. The van der Waals surface area contributed by atoms with Gasteiger partial charge >= 0.3 is 0 Å². The van der Waals surface area contributed by atoms with Crippen molar-refractivity contribution in [1.82, 2.24) is 5.32 Å². The van der Waals surface area contributed by atoms with E-state index in [4.69, 9.17) is 0 Å². The second-order valence-corrected chi connectivity index (χ2v) is 4.52. The van der Waals surface area contributed by atoms with Gasteiger partial charge in [-0.2, -0.15) is 0 Å². The molecule has 0 aromatic carbocycles. The smallest absolute Gasteiger partial charge is 0.0149 e. The molecule has 1 nitrogen and oxygen atoms in total. The molecule has 0 atom stereocenters. The highest BCUT2D eigenvalue weighted by Gasteiger charge is 2.00. The lowest BCUT2D eigenvalue weighted by molar-refractivity contribution is 0.795. The Morgan fingerprint density at radius 1 is 1.33 bits per heavy atom. The zero-order valence-electron chi connectivity index (χ0n) is 10.2. The third-order valence-corrected chi connectivity index (χ3v) is 2.20. The van der Waals surface area contributed by atoms with E-state index in [0.717, 1.165) is 6.42 Å². The Bertz CT molecular complexity index is 327. The predicted molar refractivity (Wildman–Crippen MR) is 67.3 cm³/mol. The van der Waals surface area contributed by atoms with Gasteiger partial charge in [0.25, 0.3) is 0 Å². The molecule has 0 radical (unpaired) electrons. The van der Waals surface area contributed by atoms with Crippen molar-refractivity contribution in [3.8, 4) is 0 Å². The first-order chi connectivity index (χ1) is 7.08. The minimum absolute atomic E-state index is 0.587. The van der Waals surface area contributed by atoms with Crippen molar-refractivity contribution in [2.45, 2.75) is 34.1 Å². The second-order valence-electron chi connectivity index (χ2n) is 4.52. The summed E-state index contributed by atoms with van der Waals surface area (Å²) in [4.78, 5) is 0. The number of hydrogen-bond acceptors (Lipinski definition) is 1. The standard InChI is InChI=1S/C14H21N/c1-11(2)8-14-10-13(4)9-12(3)6-5-7-15-14/h5-9,11,15H,10H2,1-4H3/b7-5+,12-6?,13-9?,14-8+. The van der Waals surface area contributed by atoms with Crippen LogP contribution in [-0.2, 0) is 0 Å². The maximum atomic E-state index is 3.34. The van der Waals surface area contributed by atoms with Crippen LogP contribution in [0.15, 0.2) is 47.3 Å². The van der Waals surface area contributed by atoms with E-state index >= 15 is 0 Å². The van der Waals surface area contributed by atoms with Gasteiger partial charge in [-0.15, -0.1) is 0 Å². The van der Waals surface area contributed by atoms with E-state index in [2.05, 4.69) is 57.3 Å². The lowest BCUT2D eigenvalue weighted by Crippen LogP contribution is -2.06. The second kappa shape index (κ2) is 5.59. The third kappa shape index (κ3) is 4.68. The van der Waals surface area contributed by atoms with Crippen molar-refractivity contribution in [1.29, 1.82) is 0 Å². The molecule has 0 unspecified atom stereocenters. The summed E-state index contributed by atoms with van der Waals surface area (Å²) in [6, 6.07) is 0. The molecule has 1 N–H and O–H groups in total. The molecule has 0 spiro atoms. The van der Waals surface area contributed by atoms with Crippen molar-refractivity contribution in [3.63, 3.8) is 0 Å². The Balaban J connectivity index is 2.87. The number of nitrogens with one attached hydrogen (secondary N) is 1. The van der Waals surface area contributed by atoms with Gasteiger partial charge in [0.1, 0.15) is 0 Å². The van der Waals surface area contributed by atoms with Gasteiger partial charge in [-0.3, -0.25) is 0 Å². The maximum absolute atomic E-state index is 3.34. The molecule has 82 valence electrons. The predicted octanol–water partition coefficient (Wildman–Crippen LogP) is 3.93. The maximum Gasteiger partial charge on any atom is 0.0149 e. The monoisotopic (exact) mass is 203 g/mol. The Labute approximate surface area is 93.3 Å². The summed E-state index contributed by atoms with van der Waals surface area (Å²) >= 11 is 0. The molecular formula is C14H21N. The molecular weight excluding hydrogens is 182 g/mol. The van der Waals surface area contributed by atoms with Gasteiger partial charge in [0.15, 0.2) is 0 Å². The number of hydrogen-bond donors (Lipinski definition) is 1. The van der Waals surface area contributed by atoms with E-state index in [1.165, 1.54) is 16.8 Å². The fourth-order valence-electron chi connectivity index (χ4n) is 1.70. The number of rotatable bonds is 1. The molecule has 0 saturated heterocycles. The summed E-state index contributed by atoms with van der Waals surface area (Å²) in [5, 5.41) is 3.34. The van der Waals surface area contributed by atoms with E-state index in [1.807, 2.05) is 6.20 Å². The first-order valence-corrected chi connectivity index (χ1v) is 5.56. The van der Waals surface area contributed by atoms with E-state index in [9.17, 15) is 0 Å². The molecule has 0 fully saturated rings. The molecule has 0 aromatic heterocycles. The molecule has 0 amide bonds. The third-order valence-electron chi connectivity index (χ3n) is 2.20. The van der Waals surface area contributed by atoms with Gasteiger partial charge in [-0.1, -0.05) is 43.2 Å². The Morgan fingerprint density at radius 2 is 2.07 bits per heavy atom. The first kappa shape index (κ1) is 11.8. The highest BCUT2D eigenvalue weighted by atomic mass is 14.8. The van der Waals surface area contributed by atoms with Gasteiger partial charge in [0.05, 0.1) is 0 Å². The van der Waals surface area contributed by atoms with Crippen molar-refractivity contribution in [2.75, 3.05) is 0 Å². The summed E-state index contributed by atoms with van der Waals surface area (Å²) in [6.07, 6.45) is 11.7. The minimum atomic E-state index is 0.587. The largest absolute Gasteiger partial charge is 0.365 e. The van der Waals surface area contributed by atoms with Crippen LogP contribution in [0.4, 0.5) is 0 Å². The fourth-order valence-corrected chi connectivity index (χ4v) is 1.70. The Hall–Kier alpha value is -1.24. The topological polar surface area (TPSA) is 12.0 Å². The SMILES string of the molecule is CC1=C/C=C/N/C(=C/C(C)C)CC(C)=C1. The molecule has 0 aliphatic carbocycles. The summed E-state index contributed by atoms with van der Waals surface area (Å²) < 4.78 is 0. The van der Waals surface area contributed by atoms with Crippen LogP contribution < -0.4 is 5.32 Å². The van der Waals surface area contributed by atoms with Crippen molar-refractivity contribution < 1.29 is 0 Å². The van der Waals surface area contributed by atoms with Crippen LogP contribution in [-0.4, -0.2) is 0 Å². The molecule has 1 aliphatic heterocycles. The van der Waals surface area contributed by atoms with E-state index in [0.29, 0.717) is 5.92 Å². The van der Waals surface area contributed by atoms with Crippen LogP contribution in [0.5, 0.6) is 0 Å². The van der Waals surface area contributed by atoms with Crippen molar-refractivity contribution in [2.24, 2.45) is 5.92 Å². The molecule has 1 heteroatoms. The minimum Gasteiger partial charge on any atom is -0.365 e. The van der Waals surface area contributed by atoms with E-state index < -0.39 is 0 Å². The highest BCUT2D eigenvalue weighted by Crippen LogP contribution is 2.14.